The van der Waals surface area contributed by atoms with Gasteiger partial charge in [0.2, 0.25) is 5.88 Å². The number of aliphatic hydroxyl groups excluding tert-OH is 1. The number of benzene rings is 1. The lowest BCUT2D eigenvalue weighted by Gasteiger charge is -2.42. The van der Waals surface area contributed by atoms with Crippen molar-refractivity contribution in [3.05, 3.63) is 40.9 Å². The van der Waals surface area contributed by atoms with Crippen LogP contribution >= 0.6 is 0 Å². The molecule has 1 aliphatic carbocycles. The first-order valence-corrected chi connectivity index (χ1v) is 12.0. The van der Waals surface area contributed by atoms with Crippen molar-refractivity contribution in [3.8, 4) is 0 Å². The molecule has 2 fully saturated rings. The molecule has 2 aromatic rings. The van der Waals surface area contributed by atoms with Crippen molar-refractivity contribution in [3.63, 3.8) is 0 Å². The number of ether oxygens (including phenoxy) is 2. The lowest BCUT2D eigenvalue weighted by atomic mass is 9.64. The van der Waals surface area contributed by atoms with Crippen molar-refractivity contribution in [2.75, 3.05) is 13.7 Å². The fraction of sp³-hybridized carbons (Fsp3) is 0.577. The van der Waals surface area contributed by atoms with E-state index in [9.17, 15) is 9.90 Å². The van der Waals surface area contributed by atoms with E-state index in [1.54, 1.807) is 0 Å². The van der Waals surface area contributed by atoms with Gasteiger partial charge in [0.15, 0.2) is 6.23 Å². The monoisotopic (exact) mass is 451 g/mol. The Morgan fingerprint density at radius 3 is 2.82 bits per heavy atom. The first-order chi connectivity index (χ1) is 15.8. The Hall–Kier alpha value is -2.67. The van der Waals surface area contributed by atoms with Gasteiger partial charge in [0, 0.05) is 29.5 Å². The van der Waals surface area contributed by atoms with E-state index >= 15 is 0 Å². The van der Waals surface area contributed by atoms with Crippen LogP contribution in [0.1, 0.15) is 75.6 Å². The van der Waals surface area contributed by atoms with Crippen LogP contribution in [0.15, 0.2) is 34.8 Å². The van der Waals surface area contributed by atoms with Crippen molar-refractivity contribution in [2.24, 2.45) is 16.3 Å². The Kier molecular flexibility index (Phi) is 5.55. The summed E-state index contributed by atoms with van der Waals surface area (Å²) in [5, 5.41) is 16.6. The van der Waals surface area contributed by atoms with E-state index < -0.39 is 5.97 Å². The lowest BCUT2D eigenvalue weighted by Crippen LogP contribution is -2.38. The number of fused-ring (bicyclic) bond motifs is 2. The van der Waals surface area contributed by atoms with Gasteiger partial charge in [-0.1, -0.05) is 19.9 Å². The predicted octanol–water partition coefficient (Wildman–Crippen LogP) is 5.35. The maximum Gasteiger partial charge on any atom is 0.339 e. The molecule has 7 nitrogen and oxygen atoms in total. The van der Waals surface area contributed by atoms with E-state index in [2.05, 4.69) is 37.9 Å². The topological polar surface area (TPSA) is 85.9 Å². The molecule has 1 saturated heterocycles. The summed E-state index contributed by atoms with van der Waals surface area (Å²) >= 11 is 0. The Morgan fingerprint density at radius 1 is 1.27 bits per heavy atom. The van der Waals surface area contributed by atoms with Crippen LogP contribution in [0.4, 0.5) is 0 Å². The van der Waals surface area contributed by atoms with Crippen molar-refractivity contribution in [1.82, 2.24) is 9.78 Å². The molecule has 0 amide bonds. The number of hydrogen-bond donors (Lipinski definition) is 1. The van der Waals surface area contributed by atoms with Crippen molar-refractivity contribution in [1.29, 1.82) is 0 Å². The quantitative estimate of drug-likeness (QED) is 0.636. The number of aliphatic hydroxyl groups is 1. The molecule has 1 aromatic heterocycles. The van der Waals surface area contributed by atoms with E-state index in [0.29, 0.717) is 0 Å². The summed E-state index contributed by atoms with van der Waals surface area (Å²) in [6, 6.07) is 4.17. The summed E-state index contributed by atoms with van der Waals surface area (Å²) in [5.41, 5.74) is 4.43. The molecule has 3 unspecified atom stereocenters. The third kappa shape index (κ3) is 3.76. The molecule has 1 aromatic carbocycles. The van der Waals surface area contributed by atoms with Gasteiger partial charge in [-0.3, -0.25) is 0 Å². The van der Waals surface area contributed by atoms with Crippen molar-refractivity contribution in [2.45, 2.75) is 71.4 Å². The normalized spacial score (nSPS) is 27.3. The molecule has 1 saturated carbocycles. The number of aryl methyl sites for hydroxylation is 1. The molecule has 2 aliphatic heterocycles. The maximum atomic E-state index is 12.9. The van der Waals surface area contributed by atoms with E-state index in [4.69, 9.17) is 14.6 Å². The number of aromatic nitrogens is 2. The smallest absolute Gasteiger partial charge is 0.339 e. The molecule has 5 rings (SSSR count). The lowest BCUT2D eigenvalue weighted by molar-refractivity contribution is -0.136. The number of aliphatic imine (C=N–C) groups is 1. The number of esters is 1. The summed E-state index contributed by atoms with van der Waals surface area (Å²) < 4.78 is 13.1. The highest BCUT2D eigenvalue weighted by Crippen LogP contribution is 2.50. The molecule has 33 heavy (non-hydrogen) atoms. The van der Waals surface area contributed by atoms with Crippen LogP contribution in [0.25, 0.3) is 10.9 Å². The fourth-order valence-corrected chi connectivity index (χ4v) is 5.92. The Morgan fingerprint density at radius 2 is 2.09 bits per heavy atom. The molecule has 0 radical (unpaired) electrons. The SMILES string of the molecule is COC(=O)C1=C(O)N=C2CC(C)(C)CCC2C1c1c(C)ccc2c1cnn2C1CCCCO1. The highest BCUT2D eigenvalue weighted by molar-refractivity contribution is 6.00. The average Bonchev–Trinajstić information content (AvgIpc) is 3.22. The molecule has 7 heteroatoms. The molecule has 0 spiro atoms. The average molecular weight is 452 g/mol. The van der Waals surface area contributed by atoms with Crippen molar-refractivity contribution < 1.29 is 19.4 Å². The molecule has 3 atom stereocenters. The second kappa shape index (κ2) is 8.28. The number of hydrogen-bond acceptors (Lipinski definition) is 6. The maximum absolute atomic E-state index is 12.9. The molecule has 3 heterocycles. The van der Waals surface area contributed by atoms with Crippen LogP contribution in [0.5, 0.6) is 0 Å². The van der Waals surface area contributed by atoms with Crippen LogP contribution in [-0.4, -0.2) is 40.3 Å². The van der Waals surface area contributed by atoms with E-state index in [0.717, 1.165) is 72.9 Å². The minimum atomic E-state index is -0.524. The Bertz CT molecular complexity index is 1150. The van der Waals surface area contributed by atoms with Gasteiger partial charge < -0.3 is 14.6 Å². The molecule has 1 N–H and O–H groups in total. The van der Waals surface area contributed by atoms with Crippen molar-refractivity contribution >= 4 is 22.6 Å². The van der Waals surface area contributed by atoms with Gasteiger partial charge in [-0.15, -0.1) is 0 Å². The molecular formula is C26H33N3O4. The van der Waals surface area contributed by atoms with Gasteiger partial charge in [0.25, 0.3) is 0 Å². The van der Waals surface area contributed by atoms with Gasteiger partial charge >= 0.3 is 5.97 Å². The zero-order chi connectivity index (χ0) is 23.3. The van der Waals surface area contributed by atoms with E-state index in [1.807, 2.05) is 10.9 Å². The number of nitrogens with zero attached hydrogens (tertiary/aromatic N) is 3. The summed E-state index contributed by atoms with van der Waals surface area (Å²) in [4.78, 5) is 17.4. The van der Waals surface area contributed by atoms with E-state index in [1.165, 1.54) is 7.11 Å². The van der Waals surface area contributed by atoms with Gasteiger partial charge in [0.1, 0.15) is 5.57 Å². The Labute approximate surface area is 194 Å². The summed E-state index contributed by atoms with van der Waals surface area (Å²) in [6.07, 6.45) is 7.69. The highest BCUT2D eigenvalue weighted by atomic mass is 16.5. The van der Waals surface area contributed by atoms with Gasteiger partial charge in [0.05, 0.1) is 18.8 Å². The van der Waals surface area contributed by atoms with Crippen LogP contribution in [0, 0.1) is 18.3 Å². The van der Waals surface area contributed by atoms with Crippen LogP contribution in [0.2, 0.25) is 0 Å². The minimum Gasteiger partial charge on any atom is -0.493 e. The van der Waals surface area contributed by atoms with Crippen LogP contribution in [0.3, 0.4) is 0 Å². The standard InChI is InChI=1S/C26H33N3O4/c1-15-8-9-19-17(14-27-29(19)20-7-5-6-12-33-20)21(15)22-16-10-11-26(2,3)13-18(16)28-24(30)23(22)25(31)32-4/h8-9,14,16,20,22,30H,5-7,10-13H2,1-4H3. The van der Waals surface area contributed by atoms with Crippen LogP contribution < -0.4 is 0 Å². The molecule has 0 bridgehead atoms. The second-order valence-electron chi connectivity index (χ2n) is 10.4. The Balaban J connectivity index is 1.68. The second-order valence-corrected chi connectivity index (χ2v) is 10.4. The third-order valence-corrected chi connectivity index (χ3v) is 7.61. The fourth-order valence-electron chi connectivity index (χ4n) is 5.92. The third-order valence-electron chi connectivity index (χ3n) is 7.61. The molecule has 3 aliphatic rings. The zero-order valence-electron chi connectivity index (χ0n) is 19.9. The largest absolute Gasteiger partial charge is 0.493 e. The van der Waals surface area contributed by atoms with Crippen LogP contribution in [-0.2, 0) is 14.3 Å². The molecule has 176 valence electrons. The first kappa shape index (κ1) is 22.1. The number of methoxy groups -OCH3 is 1. The zero-order valence-corrected chi connectivity index (χ0v) is 19.9. The minimum absolute atomic E-state index is 0.0432. The predicted molar refractivity (Wildman–Crippen MR) is 126 cm³/mol. The molecular weight excluding hydrogens is 418 g/mol. The van der Waals surface area contributed by atoms with Gasteiger partial charge in [-0.2, -0.15) is 5.10 Å². The van der Waals surface area contributed by atoms with Gasteiger partial charge in [-0.05, 0) is 68.1 Å². The first-order valence-electron chi connectivity index (χ1n) is 12.0. The summed E-state index contributed by atoms with van der Waals surface area (Å²) in [5.74, 6) is -1.02. The summed E-state index contributed by atoms with van der Waals surface area (Å²) in [6.45, 7) is 7.27. The number of rotatable bonds is 3. The highest BCUT2D eigenvalue weighted by Gasteiger charge is 2.45. The van der Waals surface area contributed by atoms with E-state index in [-0.39, 0.29) is 34.9 Å². The van der Waals surface area contributed by atoms with Gasteiger partial charge in [-0.25, -0.2) is 14.5 Å². The number of carbonyl (C=O) groups is 1. The number of carbonyl (C=O) groups excluding carboxylic acids is 1. The summed E-state index contributed by atoms with van der Waals surface area (Å²) in [7, 11) is 1.36.